The minimum Gasteiger partial charge on any atom is -0.335 e. The molecule has 0 bridgehead atoms. The normalized spacial score (nSPS) is 15.4. The van der Waals surface area contributed by atoms with Crippen molar-refractivity contribution < 1.29 is 13.2 Å². The first-order valence-electron chi connectivity index (χ1n) is 9.98. The zero-order chi connectivity index (χ0) is 22.2. The van der Waals surface area contributed by atoms with E-state index >= 15 is 0 Å². The van der Waals surface area contributed by atoms with E-state index in [0.29, 0.717) is 16.3 Å². The van der Waals surface area contributed by atoms with Crippen LogP contribution in [0.25, 0.3) is 0 Å². The lowest BCUT2D eigenvalue weighted by atomic mass is 10.1. The van der Waals surface area contributed by atoms with Crippen LogP contribution in [0.5, 0.6) is 0 Å². The van der Waals surface area contributed by atoms with E-state index in [9.17, 15) is 13.2 Å². The Morgan fingerprint density at radius 3 is 2.48 bits per heavy atom. The van der Waals surface area contributed by atoms with Crippen molar-refractivity contribution in [3.63, 3.8) is 0 Å². The number of carbonyl (C=O) groups excluding carboxylic acids is 1. The summed E-state index contributed by atoms with van der Waals surface area (Å²) in [5.74, 6) is -0.204. The first-order valence-corrected chi connectivity index (χ1v) is 11.8. The van der Waals surface area contributed by atoms with Crippen LogP contribution >= 0.6 is 11.6 Å². The van der Waals surface area contributed by atoms with Crippen molar-refractivity contribution in [3.05, 3.63) is 94.5 Å². The largest absolute Gasteiger partial charge is 0.335 e. The highest BCUT2D eigenvalue weighted by Crippen LogP contribution is 2.35. The average Bonchev–Trinajstić information content (AvgIpc) is 3.22. The minimum atomic E-state index is -3.85. The molecule has 5 nitrogen and oxygen atoms in total. The van der Waals surface area contributed by atoms with Crippen LogP contribution in [0.15, 0.2) is 77.7 Å². The van der Waals surface area contributed by atoms with Crippen LogP contribution in [0, 0.1) is 0 Å². The highest BCUT2D eigenvalue weighted by molar-refractivity contribution is 7.92. The first-order chi connectivity index (χ1) is 14.8. The van der Waals surface area contributed by atoms with Gasteiger partial charge in [0.05, 0.1) is 16.6 Å². The number of nitrogens with zero attached hydrogens (tertiary/aromatic N) is 2. The van der Waals surface area contributed by atoms with Crippen LogP contribution in [-0.4, -0.2) is 33.3 Å². The fraction of sp³-hybridized carbons (Fsp3) is 0.208. The van der Waals surface area contributed by atoms with Crippen LogP contribution in [0.3, 0.4) is 0 Å². The predicted molar refractivity (Wildman–Crippen MR) is 123 cm³/mol. The second-order valence-corrected chi connectivity index (χ2v) is 10.1. The molecule has 160 valence electrons. The monoisotopic (exact) mass is 454 g/mol. The van der Waals surface area contributed by atoms with E-state index in [4.69, 9.17) is 11.6 Å². The van der Waals surface area contributed by atoms with E-state index in [0.717, 1.165) is 18.4 Å². The fourth-order valence-electron chi connectivity index (χ4n) is 4.04. The predicted octanol–water partition coefficient (Wildman–Crippen LogP) is 4.92. The Balaban J connectivity index is 1.61. The second kappa shape index (κ2) is 8.36. The molecule has 0 spiro atoms. The van der Waals surface area contributed by atoms with Gasteiger partial charge >= 0.3 is 0 Å². The van der Waals surface area contributed by atoms with Gasteiger partial charge in [0.25, 0.3) is 15.9 Å². The Morgan fingerprint density at radius 1 is 0.968 bits per heavy atom. The molecule has 7 heteroatoms. The summed E-state index contributed by atoms with van der Waals surface area (Å²) in [4.78, 5) is 15.0. The van der Waals surface area contributed by atoms with Crippen molar-refractivity contribution in [3.8, 4) is 0 Å². The number of anilines is 1. The molecule has 0 heterocycles. The molecule has 4 rings (SSSR count). The van der Waals surface area contributed by atoms with E-state index in [1.807, 2.05) is 12.1 Å². The zero-order valence-electron chi connectivity index (χ0n) is 17.3. The van der Waals surface area contributed by atoms with Gasteiger partial charge in [0.15, 0.2) is 0 Å². The van der Waals surface area contributed by atoms with Crippen molar-refractivity contribution in [2.24, 2.45) is 0 Å². The first kappa shape index (κ1) is 21.4. The molecule has 1 aliphatic rings. The standard InChI is InChI=1S/C24H23ClN2O3S/c1-26(23-14-13-17-7-3-4-12-22(17)23)24(28)18-8-5-11-21(15-18)31(29,30)27(2)20-10-6-9-19(25)16-20/h3-12,15-16,23H,13-14H2,1-2H3. The maximum absolute atomic E-state index is 13.2. The van der Waals surface area contributed by atoms with Gasteiger partial charge in [-0.2, -0.15) is 0 Å². The molecule has 0 radical (unpaired) electrons. The molecule has 0 aromatic heterocycles. The number of halogens is 1. The molecule has 0 aliphatic heterocycles. The Morgan fingerprint density at radius 2 is 1.71 bits per heavy atom. The quantitative estimate of drug-likeness (QED) is 0.549. The lowest BCUT2D eigenvalue weighted by Crippen LogP contribution is -2.31. The summed E-state index contributed by atoms with van der Waals surface area (Å²) in [6.07, 6.45) is 1.79. The van der Waals surface area contributed by atoms with Gasteiger partial charge in [-0.05, 0) is 60.4 Å². The highest BCUT2D eigenvalue weighted by Gasteiger charge is 2.30. The number of amides is 1. The average molecular weight is 455 g/mol. The minimum absolute atomic E-state index is 0.0157. The van der Waals surface area contributed by atoms with Gasteiger partial charge in [-0.3, -0.25) is 9.10 Å². The van der Waals surface area contributed by atoms with Gasteiger partial charge in [0.2, 0.25) is 0 Å². The molecule has 31 heavy (non-hydrogen) atoms. The summed E-state index contributed by atoms with van der Waals surface area (Å²) in [6.45, 7) is 0. The molecule has 0 fully saturated rings. The summed E-state index contributed by atoms with van der Waals surface area (Å²) < 4.78 is 27.5. The zero-order valence-corrected chi connectivity index (χ0v) is 18.9. The van der Waals surface area contributed by atoms with E-state index in [2.05, 4.69) is 12.1 Å². The molecule has 1 unspecified atom stereocenters. The molecule has 1 atom stereocenters. The Kier molecular flexibility index (Phi) is 5.77. The van der Waals surface area contributed by atoms with Crippen LogP contribution < -0.4 is 4.31 Å². The van der Waals surface area contributed by atoms with Crippen LogP contribution in [0.1, 0.15) is 33.9 Å². The van der Waals surface area contributed by atoms with Crippen LogP contribution in [0.2, 0.25) is 5.02 Å². The summed E-state index contributed by atoms with van der Waals surface area (Å²) in [6, 6.07) is 20.9. The van der Waals surface area contributed by atoms with E-state index in [1.54, 1.807) is 48.3 Å². The summed E-state index contributed by atoms with van der Waals surface area (Å²) >= 11 is 6.01. The number of fused-ring (bicyclic) bond motifs is 1. The number of sulfonamides is 1. The third-order valence-corrected chi connectivity index (χ3v) is 7.82. The van der Waals surface area contributed by atoms with Gasteiger partial charge in [0, 0.05) is 24.7 Å². The van der Waals surface area contributed by atoms with Gasteiger partial charge in [-0.15, -0.1) is 0 Å². The van der Waals surface area contributed by atoms with E-state index < -0.39 is 10.0 Å². The maximum Gasteiger partial charge on any atom is 0.264 e. The highest BCUT2D eigenvalue weighted by atomic mass is 35.5. The van der Waals surface area contributed by atoms with E-state index in [-0.39, 0.29) is 16.8 Å². The number of hydrogen-bond donors (Lipinski definition) is 0. The van der Waals surface area contributed by atoms with Crippen molar-refractivity contribution in [1.29, 1.82) is 0 Å². The molecule has 3 aromatic carbocycles. The molecule has 1 aliphatic carbocycles. The summed E-state index contributed by atoms with van der Waals surface area (Å²) in [5, 5.41) is 0.446. The summed E-state index contributed by atoms with van der Waals surface area (Å²) in [7, 11) is -0.613. The van der Waals surface area contributed by atoms with Crippen molar-refractivity contribution in [2.75, 3.05) is 18.4 Å². The SMILES string of the molecule is CN(C(=O)c1cccc(S(=O)(=O)N(C)c2cccc(Cl)c2)c1)C1CCc2ccccc21. The third kappa shape index (κ3) is 4.05. The van der Waals surface area contributed by atoms with Gasteiger partial charge in [0.1, 0.15) is 0 Å². The molecule has 0 saturated carbocycles. The molecule has 3 aromatic rings. The summed E-state index contributed by atoms with van der Waals surface area (Å²) in [5.41, 5.74) is 3.20. The van der Waals surface area contributed by atoms with Gasteiger partial charge < -0.3 is 4.90 Å². The second-order valence-electron chi connectivity index (χ2n) is 7.65. The van der Waals surface area contributed by atoms with Gasteiger partial charge in [-0.25, -0.2) is 8.42 Å². The Hall–Kier alpha value is -2.83. The molecular formula is C24H23ClN2O3S. The lowest BCUT2D eigenvalue weighted by Gasteiger charge is -2.26. The number of hydrogen-bond acceptors (Lipinski definition) is 3. The number of aryl methyl sites for hydroxylation is 1. The topological polar surface area (TPSA) is 57.7 Å². The molecule has 0 N–H and O–H groups in total. The van der Waals surface area contributed by atoms with E-state index in [1.165, 1.54) is 29.0 Å². The Labute approximate surface area is 187 Å². The van der Waals surface area contributed by atoms with Crippen LogP contribution in [-0.2, 0) is 16.4 Å². The van der Waals surface area contributed by atoms with Crippen molar-refractivity contribution >= 4 is 33.2 Å². The third-order valence-electron chi connectivity index (χ3n) is 5.80. The molecule has 1 amide bonds. The molecule has 0 saturated heterocycles. The molecular weight excluding hydrogens is 432 g/mol. The number of benzene rings is 3. The van der Waals surface area contributed by atoms with Crippen molar-refractivity contribution in [2.45, 2.75) is 23.8 Å². The maximum atomic E-state index is 13.2. The Bertz CT molecular complexity index is 1240. The number of rotatable bonds is 5. The van der Waals surface area contributed by atoms with Crippen LogP contribution in [0.4, 0.5) is 5.69 Å². The van der Waals surface area contributed by atoms with Gasteiger partial charge in [-0.1, -0.05) is 48.0 Å². The smallest absolute Gasteiger partial charge is 0.264 e. The number of carbonyl (C=O) groups is 1. The fourth-order valence-corrected chi connectivity index (χ4v) is 5.46. The van der Waals surface area contributed by atoms with Crippen molar-refractivity contribution in [1.82, 2.24) is 4.90 Å². The lowest BCUT2D eigenvalue weighted by molar-refractivity contribution is 0.0730.